The smallest absolute Gasteiger partial charge is 0.411 e. The third kappa shape index (κ3) is 3.11. The van der Waals surface area contributed by atoms with Crippen molar-refractivity contribution in [1.29, 1.82) is 0 Å². The van der Waals surface area contributed by atoms with Crippen LogP contribution in [-0.4, -0.2) is 33.9 Å². The third-order valence-corrected chi connectivity index (χ3v) is 3.75. The molecule has 1 aromatic heterocycles. The normalized spacial score (nSPS) is 14.6. The highest BCUT2D eigenvalue weighted by atomic mass is 19.2. The first-order valence-electron chi connectivity index (χ1n) is 7.62. The Labute approximate surface area is 141 Å². The van der Waals surface area contributed by atoms with E-state index in [2.05, 4.69) is 4.98 Å². The second kappa shape index (κ2) is 5.65. The quantitative estimate of drug-likeness (QED) is 0.792. The molecule has 0 unspecified atom stereocenters. The minimum atomic E-state index is -1.17. The molecule has 132 valence electrons. The second-order valence-corrected chi connectivity index (χ2v) is 6.88. The Morgan fingerprint density at radius 3 is 2.32 bits per heavy atom. The second-order valence-electron chi connectivity index (χ2n) is 6.88. The van der Waals surface area contributed by atoms with Crippen molar-refractivity contribution in [2.24, 2.45) is 0 Å². The molecule has 1 N–H and O–H groups in total. The number of halogens is 2. The van der Waals surface area contributed by atoms with Crippen molar-refractivity contribution in [3.63, 3.8) is 0 Å². The van der Waals surface area contributed by atoms with Crippen LogP contribution < -0.4 is 5.56 Å². The molecule has 1 aliphatic rings. The van der Waals surface area contributed by atoms with Crippen LogP contribution in [-0.2, 0) is 11.3 Å². The molecule has 0 spiro atoms. The number of nitrogens with one attached hydrogen (secondary N) is 1. The molecule has 1 aromatic carbocycles. The van der Waals surface area contributed by atoms with E-state index in [1.165, 1.54) is 0 Å². The molecule has 8 heteroatoms. The van der Waals surface area contributed by atoms with Crippen LogP contribution in [0.4, 0.5) is 13.6 Å². The van der Waals surface area contributed by atoms with Gasteiger partial charge < -0.3 is 9.72 Å². The summed E-state index contributed by atoms with van der Waals surface area (Å²) in [5.41, 5.74) is -1.14. The maximum atomic E-state index is 13.6. The lowest BCUT2D eigenvalue weighted by atomic mass is 9.97. The lowest BCUT2D eigenvalue weighted by molar-refractivity contribution is 0.0217. The number of carbonyl (C=O) groups excluding carboxylic acids is 2. The summed E-state index contributed by atoms with van der Waals surface area (Å²) in [6.07, 6.45) is -0.697. The number of ether oxygens (including phenoxy) is 1. The van der Waals surface area contributed by atoms with Gasteiger partial charge >= 0.3 is 6.09 Å². The predicted molar refractivity (Wildman–Crippen MR) is 85.5 cm³/mol. The van der Waals surface area contributed by atoms with Gasteiger partial charge in [0, 0.05) is 16.6 Å². The summed E-state index contributed by atoms with van der Waals surface area (Å²) in [4.78, 5) is 40.4. The molecule has 2 heterocycles. The highest BCUT2D eigenvalue weighted by Crippen LogP contribution is 2.26. The third-order valence-electron chi connectivity index (χ3n) is 3.75. The molecule has 0 fully saturated rings. The molecule has 0 saturated carbocycles. The predicted octanol–water partition coefficient (Wildman–Crippen LogP) is 2.74. The van der Waals surface area contributed by atoms with E-state index >= 15 is 0 Å². The lowest BCUT2D eigenvalue weighted by Gasteiger charge is -2.30. The average molecular weight is 350 g/mol. The Kier molecular flexibility index (Phi) is 3.85. The van der Waals surface area contributed by atoms with Crippen LogP contribution in [0.5, 0.6) is 0 Å². The summed E-state index contributed by atoms with van der Waals surface area (Å²) in [6.45, 7) is 4.73. The fraction of sp³-hybridized carbons (Fsp3) is 0.353. The van der Waals surface area contributed by atoms with Gasteiger partial charge in [-0.3, -0.25) is 14.5 Å². The zero-order chi connectivity index (χ0) is 18.5. The van der Waals surface area contributed by atoms with E-state index in [4.69, 9.17) is 4.74 Å². The number of carbonyl (C=O) groups is 2. The molecule has 6 nitrogen and oxygen atoms in total. The van der Waals surface area contributed by atoms with Crippen LogP contribution in [0.3, 0.4) is 0 Å². The first-order chi connectivity index (χ1) is 11.6. The number of benzene rings is 1. The number of aromatic nitrogens is 1. The Bertz CT molecular complexity index is 960. The van der Waals surface area contributed by atoms with Crippen molar-refractivity contribution >= 4 is 22.6 Å². The summed E-state index contributed by atoms with van der Waals surface area (Å²) >= 11 is 0. The van der Waals surface area contributed by atoms with Gasteiger partial charge in [-0.15, -0.1) is 0 Å². The number of nitrogens with zero attached hydrogens (tertiary/aromatic N) is 1. The Morgan fingerprint density at radius 2 is 1.72 bits per heavy atom. The Hall–Kier alpha value is -2.77. The largest absolute Gasteiger partial charge is 0.444 e. The summed E-state index contributed by atoms with van der Waals surface area (Å²) in [5, 5.41) is -0.0804. The fourth-order valence-electron chi connectivity index (χ4n) is 2.76. The van der Waals surface area contributed by atoms with E-state index < -0.39 is 34.7 Å². The molecular formula is C17H16F2N2O4. The molecule has 0 atom stereocenters. The number of ketones is 1. The van der Waals surface area contributed by atoms with E-state index in [0.29, 0.717) is 0 Å². The molecule has 2 aromatic rings. The van der Waals surface area contributed by atoms with E-state index in [0.717, 1.165) is 17.0 Å². The molecule has 1 amide bonds. The van der Waals surface area contributed by atoms with Crippen LogP contribution in [0.25, 0.3) is 10.8 Å². The van der Waals surface area contributed by atoms with Gasteiger partial charge in [-0.25, -0.2) is 13.6 Å². The number of hydrogen-bond acceptors (Lipinski definition) is 4. The monoisotopic (exact) mass is 350 g/mol. The van der Waals surface area contributed by atoms with Gasteiger partial charge in [-0.1, -0.05) is 0 Å². The number of aromatic amines is 1. The summed E-state index contributed by atoms with van der Waals surface area (Å²) in [6, 6.07) is 1.59. The Balaban J connectivity index is 2.09. The molecule has 3 rings (SSSR count). The van der Waals surface area contributed by atoms with Gasteiger partial charge in [-0.2, -0.15) is 0 Å². The molecule has 25 heavy (non-hydrogen) atoms. The zero-order valence-corrected chi connectivity index (χ0v) is 13.9. The van der Waals surface area contributed by atoms with Gasteiger partial charge in [0.1, 0.15) is 5.60 Å². The van der Waals surface area contributed by atoms with Crippen molar-refractivity contribution in [3.05, 3.63) is 45.4 Å². The lowest BCUT2D eigenvalue weighted by Crippen LogP contribution is -2.43. The number of rotatable bonds is 0. The zero-order valence-electron chi connectivity index (χ0n) is 13.9. The molecular weight excluding hydrogens is 334 g/mol. The number of fused-ring (bicyclic) bond motifs is 3. The summed E-state index contributed by atoms with van der Waals surface area (Å²) in [7, 11) is 0. The van der Waals surface area contributed by atoms with E-state index in [9.17, 15) is 23.2 Å². The minimum absolute atomic E-state index is 0.0338. The van der Waals surface area contributed by atoms with E-state index in [1.807, 2.05) is 0 Å². The number of Topliss-reactive ketones (excluding diaryl/α,β-unsaturated/α-hetero) is 1. The van der Waals surface area contributed by atoms with Gasteiger partial charge in [0.25, 0.3) is 5.56 Å². The van der Waals surface area contributed by atoms with Crippen molar-refractivity contribution < 1.29 is 23.1 Å². The van der Waals surface area contributed by atoms with Crippen molar-refractivity contribution in [1.82, 2.24) is 9.88 Å². The summed E-state index contributed by atoms with van der Waals surface area (Å²) < 4.78 is 32.2. The number of amides is 1. The molecule has 1 aliphatic heterocycles. The van der Waals surface area contributed by atoms with Crippen LogP contribution in [0.1, 0.15) is 36.8 Å². The van der Waals surface area contributed by atoms with Crippen LogP contribution in [0.2, 0.25) is 0 Å². The Morgan fingerprint density at radius 1 is 1.12 bits per heavy atom. The standard InChI is InChI=1S/C17H16F2N2O4/c1-17(2,3)25-16(24)21-6-12-14(13(22)7-21)8-4-10(18)11(19)5-9(8)15(23)20-12/h4-5H,6-7H2,1-3H3,(H,20,23). The molecule has 0 radical (unpaired) electrons. The minimum Gasteiger partial charge on any atom is -0.444 e. The number of pyridine rings is 1. The van der Waals surface area contributed by atoms with Crippen LogP contribution >= 0.6 is 0 Å². The van der Waals surface area contributed by atoms with E-state index in [-0.39, 0.29) is 35.1 Å². The first-order valence-corrected chi connectivity index (χ1v) is 7.62. The highest BCUT2D eigenvalue weighted by Gasteiger charge is 2.32. The fourth-order valence-corrected chi connectivity index (χ4v) is 2.76. The summed E-state index contributed by atoms with van der Waals surface area (Å²) in [5.74, 6) is -2.81. The average Bonchev–Trinajstić information content (AvgIpc) is 2.47. The highest BCUT2D eigenvalue weighted by molar-refractivity contribution is 6.11. The number of H-pyrrole nitrogens is 1. The first kappa shape index (κ1) is 17.1. The number of hydrogen-bond donors (Lipinski definition) is 1. The van der Waals surface area contributed by atoms with Gasteiger partial charge in [-0.05, 0) is 32.9 Å². The van der Waals surface area contributed by atoms with Crippen molar-refractivity contribution in [3.8, 4) is 0 Å². The topological polar surface area (TPSA) is 79.5 Å². The van der Waals surface area contributed by atoms with E-state index in [1.54, 1.807) is 20.8 Å². The molecule has 0 aliphatic carbocycles. The van der Waals surface area contributed by atoms with Crippen LogP contribution in [0, 0.1) is 11.6 Å². The van der Waals surface area contributed by atoms with Crippen molar-refractivity contribution in [2.45, 2.75) is 32.9 Å². The van der Waals surface area contributed by atoms with Crippen LogP contribution in [0.15, 0.2) is 16.9 Å². The molecule has 0 bridgehead atoms. The SMILES string of the molecule is CC(C)(C)OC(=O)N1CC(=O)c2c([nH]c(=O)c3cc(F)c(F)cc23)C1. The molecule has 0 saturated heterocycles. The van der Waals surface area contributed by atoms with Gasteiger partial charge in [0.15, 0.2) is 17.4 Å². The van der Waals surface area contributed by atoms with Gasteiger partial charge in [0.05, 0.1) is 18.5 Å². The van der Waals surface area contributed by atoms with Crippen molar-refractivity contribution in [2.75, 3.05) is 6.54 Å². The maximum absolute atomic E-state index is 13.6. The maximum Gasteiger partial charge on any atom is 0.411 e. The van der Waals surface area contributed by atoms with Gasteiger partial charge in [0.2, 0.25) is 0 Å².